The Labute approximate surface area is 335 Å². The molecule has 2 heterocycles. The first-order chi connectivity index (χ1) is 27.2. The van der Waals surface area contributed by atoms with E-state index in [1.54, 1.807) is 0 Å². The number of ether oxygens (including phenoxy) is 2. The second kappa shape index (κ2) is 15.9. The number of aliphatic hydroxyl groups is 2. The second-order valence-electron chi connectivity index (χ2n) is 17.5. The van der Waals surface area contributed by atoms with Crippen LogP contribution < -0.4 is 10.6 Å². The lowest BCUT2D eigenvalue weighted by atomic mass is 9.53. The third kappa shape index (κ3) is 8.29. The number of hydrogen-bond acceptors (Lipinski definition) is 6. The molecule has 9 heteroatoms. The molecule has 4 aliphatic carbocycles. The van der Waals surface area contributed by atoms with Crippen LogP contribution in [0.3, 0.4) is 0 Å². The summed E-state index contributed by atoms with van der Waals surface area (Å²) < 4.78 is 13.5. The Morgan fingerprint density at radius 3 is 2.11 bits per heavy atom. The highest BCUT2D eigenvalue weighted by atomic mass is 35.5. The fourth-order valence-corrected chi connectivity index (χ4v) is 11.1. The Hall–Kier alpha value is -3.76. The van der Waals surface area contributed by atoms with Crippen molar-refractivity contribution in [3.05, 3.63) is 130 Å². The van der Waals surface area contributed by atoms with Crippen molar-refractivity contribution in [1.29, 1.82) is 0 Å². The number of hydrogen-bond donors (Lipinski definition) is 4. The van der Waals surface area contributed by atoms with Gasteiger partial charge in [0.2, 0.25) is 0 Å². The summed E-state index contributed by atoms with van der Waals surface area (Å²) in [5.41, 5.74) is 6.07. The van der Waals surface area contributed by atoms with E-state index in [1.165, 1.54) is 19.3 Å². The number of nitrogens with zero attached hydrogens (tertiary/aromatic N) is 1. The number of carbonyl (C=O) groups excluding carboxylic acids is 1. The molecule has 6 fully saturated rings. The average molecular weight is 776 g/mol. The highest BCUT2D eigenvalue weighted by Crippen LogP contribution is 2.55. The number of nitrogens with one attached hydrogen (secondary N) is 2. The van der Waals surface area contributed by atoms with Gasteiger partial charge in [0.25, 0.3) is 0 Å². The number of aliphatic hydroxyl groups excluding tert-OH is 1. The van der Waals surface area contributed by atoms with Crippen LogP contribution in [0.2, 0.25) is 5.02 Å². The highest BCUT2D eigenvalue weighted by Gasteiger charge is 2.51. The number of halogens is 1. The molecule has 0 radical (unpaired) electrons. The zero-order valence-electron chi connectivity index (χ0n) is 32.0. The Bertz CT molecular complexity index is 1960. The average Bonchev–Trinajstić information content (AvgIpc) is 3.20. The maximum absolute atomic E-state index is 13.2. The van der Waals surface area contributed by atoms with E-state index in [-0.39, 0.29) is 30.4 Å². The Balaban J connectivity index is 0.873. The van der Waals surface area contributed by atoms with Crippen LogP contribution in [0.25, 0.3) is 11.1 Å². The molecular formula is C47H54ClN3O5. The van der Waals surface area contributed by atoms with Crippen LogP contribution in [0, 0.1) is 17.8 Å². The van der Waals surface area contributed by atoms with Crippen LogP contribution in [0.1, 0.15) is 98.0 Å². The number of urea groups is 1. The minimum atomic E-state index is -0.870. The summed E-state index contributed by atoms with van der Waals surface area (Å²) in [4.78, 5) is 15.6. The fourth-order valence-electron chi connectivity index (χ4n) is 10.9. The zero-order chi connectivity index (χ0) is 38.3. The van der Waals surface area contributed by atoms with Gasteiger partial charge in [-0.1, -0.05) is 84.4 Å². The summed E-state index contributed by atoms with van der Waals surface area (Å²) >= 11 is 6.12. The van der Waals surface area contributed by atoms with Crippen molar-refractivity contribution < 1.29 is 24.5 Å². The van der Waals surface area contributed by atoms with Gasteiger partial charge >= 0.3 is 6.03 Å². The monoisotopic (exact) mass is 775 g/mol. The van der Waals surface area contributed by atoms with Gasteiger partial charge in [-0.3, -0.25) is 0 Å². The normalized spacial score (nSPS) is 29.6. The number of likely N-dealkylation sites (tertiary alicyclic amines) is 1. The van der Waals surface area contributed by atoms with Gasteiger partial charge in [-0.05, 0) is 127 Å². The Kier molecular flexibility index (Phi) is 10.7. The van der Waals surface area contributed by atoms with Crippen molar-refractivity contribution in [2.24, 2.45) is 17.8 Å². The smallest absolute Gasteiger partial charge is 0.315 e. The molecule has 3 atom stereocenters. The van der Waals surface area contributed by atoms with E-state index in [0.717, 1.165) is 95.6 Å². The summed E-state index contributed by atoms with van der Waals surface area (Å²) in [7, 11) is 0. The molecule has 56 heavy (non-hydrogen) atoms. The van der Waals surface area contributed by atoms with Crippen molar-refractivity contribution in [2.45, 2.75) is 101 Å². The molecule has 294 valence electrons. The summed E-state index contributed by atoms with van der Waals surface area (Å²) in [5, 5.41) is 28.5. The molecule has 8 nitrogen and oxygen atoms in total. The highest BCUT2D eigenvalue weighted by molar-refractivity contribution is 6.30. The molecule has 10 rings (SSSR count). The van der Waals surface area contributed by atoms with E-state index < -0.39 is 11.9 Å². The molecule has 0 spiro atoms. The number of benzene rings is 4. The van der Waals surface area contributed by atoms with Crippen molar-refractivity contribution in [1.82, 2.24) is 15.5 Å². The molecule has 2 saturated heterocycles. The lowest BCUT2D eigenvalue weighted by Crippen LogP contribution is -2.61. The second-order valence-corrected chi connectivity index (χ2v) is 18.0. The van der Waals surface area contributed by atoms with E-state index in [9.17, 15) is 15.0 Å². The van der Waals surface area contributed by atoms with E-state index in [2.05, 4.69) is 64.1 Å². The van der Waals surface area contributed by atoms with Crippen LogP contribution >= 0.6 is 11.6 Å². The molecule has 2 amide bonds. The molecule has 3 unspecified atom stereocenters. The molecular weight excluding hydrogens is 722 g/mol. The van der Waals surface area contributed by atoms with Gasteiger partial charge in [0.15, 0.2) is 6.29 Å². The predicted octanol–water partition coefficient (Wildman–Crippen LogP) is 8.80. The minimum absolute atomic E-state index is 0.00339. The Morgan fingerprint density at radius 1 is 0.768 bits per heavy atom. The predicted molar refractivity (Wildman–Crippen MR) is 218 cm³/mol. The topological polar surface area (TPSA) is 103 Å². The number of amides is 2. The van der Waals surface area contributed by atoms with E-state index in [1.807, 2.05) is 48.5 Å². The third-order valence-electron chi connectivity index (χ3n) is 13.4. The van der Waals surface area contributed by atoms with Crippen LogP contribution in [0.5, 0.6) is 0 Å². The quantitative estimate of drug-likeness (QED) is 0.129. The van der Waals surface area contributed by atoms with Gasteiger partial charge in [-0.25, -0.2) is 4.79 Å². The summed E-state index contributed by atoms with van der Waals surface area (Å²) in [6.45, 7) is 2.70. The molecule has 4 N–H and O–H groups in total. The van der Waals surface area contributed by atoms with E-state index in [0.29, 0.717) is 30.8 Å². The van der Waals surface area contributed by atoms with Gasteiger partial charge in [-0.15, -0.1) is 0 Å². The molecule has 4 aromatic carbocycles. The molecule has 4 bridgehead atoms. The lowest BCUT2D eigenvalue weighted by Gasteiger charge is -2.56. The minimum Gasteiger partial charge on any atom is -0.392 e. The van der Waals surface area contributed by atoms with Gasteiger partial charge in [0.1, 0.15) is 0 Å². The van der Waals surface area contributed by atoms with Crippen molar-refractivity contribution in [3.8, 4) is 11.1 Å². The van der Waals surface area contributed by atoms with Crippen molar-refractivity contribution in [3.63, 3.8) is 0 Å². The maximum Gasteiger partial charge on any atom is 0.315 e. The summed E-state index contributed by atoms with van der Waals surface area (Å²) in [6, 6.07) is 32.3. The molecule has 0 aromatic heterocycles. The standard InChI is InChI=1S/C47H54ClN3O5/c48-41-13-11-40(12-14-41)47(54)15-17-51(18-16-47)29-42-24-43(36-9-7-31(30-52)8-10-36)56-44(55-42)39-6-2-5-38(23-39)37-4-1-3-32(22-37)28-49-45(53)50-46-25-33-19-34(26-46)21-35(20-33)27-46/h1-14,22-23,33-35,42-44,52,54H,15-21,24-30H2,(H2,49,50,53). The molecule has 2 aliphatic heterocycles. The van der Waals surface area contributed by atoms with Gasteiger partial charge in [-0.2, -0.15) is 0 Å². The van der Waals surface area contributed by atoms with Gasteiger partial charge in [0, 0.05) is 48.7 Å². The van der Waals surface area contributed by atoms with Crippen molar-refractivity contribution in [2.75, 3.05) is 19.6 Å². The first kappa shape index (κ1) is 37.8. The fraction of sp³-hybridized carbons (Fsp3) is 0.468. The summed E-state index contributed by atoms with van der Waals surface area (Å²) in [5.74, 6) is 2.35. The van der Waals surface area contributed by atoms with Gasteiger partial charge < -0.3 is 35.2 Å². The van der Waals surface area contributed by atoms with E-state index in [4.69, 9.17) is 21.1 Å². The van der Waals surface area contributed by atoms with Crippen molar-refractivity contribution >= 4 is 17.6 Å². The summed E-state index contributed by atoms with van der Waals surface area (Å²) in [6.07, 6.45) is 8.57. The van der Waals surface area contributed by atoms with Crippen LogP contribution in [0.4, 0.5) is 4.79 Å². The number of carbonyl (C=O) groups is 1. The molecule has 4 saturated carbocycles. The largest absolute Gasteiger partial charge is 0.392 e. The maximum atomic E-state index is 13.2. The van der Waals surface area contributed by atoms with Crippen LogP contribution in [-0.2, 0) is 28.2 Å². The van der Waals surface area contributed by atoms with Crippen LogP contribution in [-0.4, -0.2) is 52.4 Å². The first-order valence-electron chi connectivity index (χ1n) is 20.7. The third-order valence-corrected chi connectivity index (χ3v) is 13.7. The zero-order valence-corrected chi connectivity index (χ0v) is 32.8. The number of piperidine rings is 1. The van der Waals surface area contributed by atoms with Crippen LogP contribution in [0.15, 0.2) is 97.1 Å². The molecule has 4 aromatic rings. The lowest BCUT2D eigenvalue weighted by molar-refractivity contribution is -0.253. The number of rotatable bonds is 10. The Morgan fingerprint density at radius 2 is 1.43 bits per heavy atom. The first-order valence-corrected chi connectivity index (χ1v) is 21.0. The molecule has 6 aliphatic rings. The van der Waals surface area contributed by atoms with E-state index >= 15 is 0 Å². The SMILES string of the molecule is O=C(NCc1cccc(-c2cccc(C3OC(CN4CCC(O)(c5ccc(Cl)cc5)CC4)CC(c4ccc(CO)cc4)O3)c2)c1)NC12CC3CC(CC(C3)C1)C2. The van der Waals surface area contributed by atoms with Gasteiger partial charge in [0.05, 0.1) is 24.4 Å².